The van der Waals surface area contributed by atoms with Crippen molar-refractivity contribution >= 4 is 13.3 Å². The zero-order valence-electron chi connectivity index (χ0n) is 5.16. The summed E-state index contributed by atoms with van der Waals surface area (Å²) < 4.78 is 4.81. The standard InChI is InChI=1S/C6H6BNO/c1-9-6-5(7)3-2-4-8-6/h2-4H,1H3. The minimum absolute atomic E-state index is 0.484. The highest BCUT2D eigenvalue weighted by Crippen LogP contribution is 1.95. The fourth-order valence-electron chi connectivity index (χ4n) is 0.574. The summed E-state index contributed by atoms with van der Waals surface area (Å²) in [6.45, 7) is 0. The molecule has 44 valence electrons. The molecule has 1 aromatic heterocycles. The molecular formula is C6H6BNO. The highest BCUT2D eigenvalue weighted by molar-refractivity contribution is 6.33. The lowest BCUT2D eigenvalue weighted by molar-refractivity contribution is 0.401. The second-order valence-corrected chi connectivity index (χ2v) is 1.60. The molecule has 1 aromatic rings. The Morgan fingerprint density at radius 1 is 1.67 bits per heavy atom. The zero-order valence-corrected chi connectivity index (χ0v) is 5.16. The molecule has 0 N–H and O–H groups in total. The molecule has 0 atom stereocenters. The van der Waals surface area contributed by atoms with Crippen molar-refractivity contribution in [2.24, 2.45) is 0 Å². The van der Waals surface area contributed by atoms with E-state index < -0.39 is 0 Å². The van der Waals surface area contributed by atoms with Crippen LogP contribution >= 0.6 is 0 Å². The average molecular weight is 119 g/mol. The molecule has 0 aliphatic heterocycles. The molecule has 1 heterocycles. The summed E-state index contributed by atoms with van der Waals surface area (Å²) >= 11 is 0. The number of nitrogens with zero attached hydrogens (tertiary/aromatic N) is 1. The van der Waals surface area contributed by atoms with E-state index in [4.69, 9.17) is 12.6 Å². The second-order valence-electron chi connectivity index (χ2n) is 1.60. The number of hydrogen-bond donors (Lipinski definition) is 0. The summed E-state index contributed by atoms with van der Waals surface area (Å²) in [6.07, 6.45) is 1.63. The van der Waals surface area contributed by atoms with Crippen LogP contribution in [0.2, 0.25) is 0 Å². The first-order chi connectivity index (χ1) is 4.34. The molecule has 0 unspecified atom stereocenters. The van der Waals surface area contributed by atoms with E-state index in [1.54, 1.807) is 25.4 Å². The van der Waals surface area contributed by atoms with Gasteiger partial charge in [0.05, 0.1) is 7.11 Å². The predicted molar refractivity (Wildman–Crippen MR) is 36.2 cm³/mol. The van der Waals surface area contributed by atoms with Crippen LogP contribution in [0.25, 0.3) is 0 Å². The monoisotopic (exact) mass is 119 g/mol. The van der Waals surface area contributed by atoms with Crippen LogP contribution in [0.15, 0.2) is 18.3 Å². The largest absolute Gasteiger partial charge is 0.481 e. The molecule has 2 nitrogen and oxygen atoms in total. The van der Waals surface area contributed by atoms with Crippen LogP contribution in [0.3, 0.4) is 0 Å². The molecule has 0 bridgehead atoms. The summed E-state index contributed by atoms with van der Waals surface area (Å²) in [6, 6.07) is 3.50. The fourth-order valence-corrected chi connectivity index (χ4v) is 0.574. The van der Waals surface area contributed by atoms with Crippen molar-refractivity contribution in [3.8, 4) is 5.88 Å². The zero-order chi connectivity index (χ0) is 6.69. The van der Waals surface area contributed by atoms with Gasteiger partial charge >= 0.3 is 0 Å². The number of methoxy groups -OCH3 is 1. The summed E-state index contributed by atoms with van der Waals surface area (Å²) in [4.78, 5) is 3.85. The Bertz CT molecular complexity index is 202. The molecule has 2 radical (unpaired) electrons. The molecule has 0 aliphatic rings. The van der Waals surface area contributed by atoms with Gasteiger partial charge in [0.2, 0.25) is 5.88 Å². The van der Waals surface area contributed by atoms with Gasteiger partial charge in [-0.1, -0.05) is 6.07 Å². The van der Waals surface area contributed by atoms with Gasteiger partial charge in [-0.05, 0) is 11.5 Å². The van der Waals surface area contributed by atoms with Crippen molar-refractivity contribution in [2.75, 3.05) is 7.11 Å². The number of aromatic nitrogens is 1. The number of ether oxygens (including phenoxy) is 1. The SMILES string of the molecule is [B]c1cccnc1OC. The molecule has 0 fully saturated rings. The number of hydrogen-bond acceptors (Lipinski definition) is 2. The topological polar surface area (TPSA) is 22.1 Å². The first-order valence-corrected chi connectivity index (χ1v) is 2.59. The minimum atomic E-state index is 0.484. The van der Waals surface area contributed by atoms with E-state index >= 15 is 0 Å². The summed E-state index contributed by atoms with van der Waals surface area (Å²) in [5, 5.41) is 0. The van der Waals surface area contributed by atoms with Crippen molar-refractivity contribution in [3.63, 3.8) is 0 Å². The number of rotatable bonds is 1. The van der Waals surface area contributed by atoms with Crippen molar-refractivity contribution in [1.29, 1.82) is 0 Å². The van der Waals surface area contributed by atoms with Gasteiger partial charge in [-0.15, -0.1) is 0 Å². The maximum absolute atomic E-state index is 5.44. The van der Waals surface area contributed by atoms with Crippen molar-refractivity contribution in [2.45, 2.75) is 0 Å². The van der Waals surface area contributed by atoms with Gasteiger partial charge < -0.3 is 4.74 Å². The first kappa shape index (κ1) is 6.14. The summed E-state index contributed by atoms with van der Waals surface area (Å²) in [5.41, 5.74) is 0.569. The lowest BCUT2D eigenvalue weighted by Crippen LogP contribution is -2.07. The molecule has 0 amide bonds. The molecule has 9 heavy (non-hydrogen) atoms. The van der Waals surface area contributed by atoms with Gasteiger partial charge in [0.1, 0.15) is 7.85 Å². The van der Waals surface area contributed by atoms with E-state index in [2.05, 4.69) is 4.98 Å². The van der Waals surface area contributed by atoms with Crippen LogP contribution in [-0.2, 0) is 0 Å². The molecule has 0 aromatic carbocycles. The molecule has 0 aliphatic carbocycles. The lowest BCUT2D eigenvalue weighted by Gasteiger charge is -1.99. The van der Waals surface area contributed by atoms with Crippen molar-refractivity contribution in [3.05, 3.63) is 18.3 Å². The van der Waals surface area contributed by atoms with E-state index in [1.807, 2.05) is 0 Å². The van der Waals surface area contributed by atoms with Gasteiger partial charge in [0, 0.05) is 6.20 Å². The molecule has 0 spiro atoms. The highest BCUT2D eigenvalue weighted by Gasteiger charge is 1.92. The second kappa shape index (κ2) is 2.53. The maximum atomic E-state index is 5.44. The Morgan fingerprint density at radius 2 is 2.44 bits per heavy atom. The summed E-state index contributed by atoms with van der Waals surface area (Å²) in [7, 11) is 6.98. The van der Waals surface area contributed by atoms with E-state index in [0.29, 0.717) is 11.3 Å². The third-order valence-electron chi connectivity index (χ3n) is 0.994. The van der Waals surface area contributed by atoms with Gasteiger partial charge in [-0.2, -0.15) is 0 Å². The third kappa shape index (κ3) is 1.22. The van der Waals surface area contributed by atoms with Gasteiger partial charge in [0.15, 0.2) is 0 Å². The Balaban J connectivity index is 3.01. The Labute approximate surface area is 55.3 Å². The lowest BCUT2D eigenvalue weighted by atomic mass is 9.98. The van der Waals surface area contributed by atoms with E-state index in [9.17, 15) is 0 Å². The quantitative estimate of drug-likeness (QED) is 0.481. The fraction of sp³-hybridized carbons (Fsp3) is 0.167. The van der Waals surface area contributed by atoms with E-state index in [1.165, 1.54) is 0 Å². The maximum Gasteiger partial charge on any atom is 0.205 e. The summed E-state index contributed by atoms with van der Waals surface area (Å²) in [5.74, 6) is 0.484. The van der Waals surface area contributed by atoms with Crippen molar-refractivity contribution in [1.82, 2.24) is 4.98 Å². The van der Waals surface area contributed by atoms with Gasteiger partial charge in [-0.3, -0.25) is 0 Å². The third-order valence-corrected chi connectivity index (χ3v) is 0.994. The van der Waals surface area contributed by atoms with Crippen LogP contribution in [0.4, 0.5) is 0 Å². The molecule has 0 saturated heterocycles. The Hall–Kier alpha value is -0.985. The normalized spacial score (nSPS) is 9.00. The van der Waals surface area contributed by atoms with Crippen LogP contribution in [0.1, 0.15) is 0 Å². The van der Waals surface area contributed by atoms with Crippen LogP contribution < -0.4 is 10.2 Å². The van der Waals surface area contributed by atoms with E-state index in [0.717, 1.165) is 0 Å². The van der Waals surface area contributed by atoms with Gasteiger partial charge in [-0.25, -0.2) is 4.98 Å². The Kier molecular flexibility index (Phi) is 1.73. The van der Waals surface area contributed by atoms with Crippen LogP contribution in [-0.4, -0.2) is 19.9 Å². The molecule has 3 heteroatoms. The molecule has 0 saturated carbocycles. The van der Waals surface area contributed by atoms with Crippen LogP contribution in [0, 0.1) is 0 Å². The number of pyridine rings is 1. The van der Waals surface area contributed by atoms with Crippen LogP contribution in [0.5, 0.6) is 5.88 Å². The predicted octanol–water partition coefficient (Wildman–Crippen LogP) is -0.116. The van der Waals surface area contributed by atoms with Crippen molar-refractivity contribution < 1.29 is 4.74 Å². The smallest absolute Gasteiger partial charge is 0.205 e. The molecular weight excluding hydrogens is 113 g/mol. The Morgan fingerprint density at radius 3 is 2.89 bits per heavy atom. The molecule has 1 rings (SSSR count). The van der Waals surface area contributed by atoms with E-state index in [-0.39, 0.29) is 0 Å². The highest BCUT2D eigenvalue weighted by atomic mass is 16.5. The first-order valence-electron chi connectivity index (χ1n) is 2.59. The van der Waals surface area contributed by atoms with Gasteiger partial charge in [0.25, 0.3) is 0 Å². The average Bonchev–Trinajstić information content (AvgIpc) is 1.89. The minimum Gasteiger partial charge on any atom is -0.481 e.